The van der Waals surface area contributed by atoms with Gasteiger partial charge in [0.05, 0.1) is 17.6 Å². The number of nitrogens with zero attached hydrogens (tertiary/aromatic N) is 4. The Balaban J connectivity index is 2.09. The average Bonchev–Trinajstić information content (AvgIpc) is 2.39. The monoisotopic (exact) mass is 301 g/mol. The molecule has 1 aromatic rings. The van der Waals surface area contributed by atoms with E-state index in [0.717, 1.165) is 4.47 Å². The second-order valence-electron chi connectivity index (χ2n) is 3.53. The van der Waals surface area contributed by atoms with Crippen molar-refractivity contribution >= 4 is 27.7 Å². The van der Waals surface area contributed by atoms with Crippen LogP contribution in [0.15, 0.2) is 22.0 Å². The zero-order valence-corrected chi connectivity index (χ0v) is 10.5. The van der Waals surface area contributed by atoms with Gasteiger partial charge in [-0.3, -0.25) is 0 Å². The Kier molecular flexibility index (Phi) is 3.75. The lowest BCUT2D eigenvalue weighted by atomic mass is 10.2. The van der Waals surface area contributed by atoms with E-state index in [1.807, 2.05) is 4.90 Å². The summed E-state index contributed by atoms with van der Waals surface area (Å²) in [6.07, 6.45) is 2.92. The van der Waals surface area contributed by atoms with Crippen LogP contribution < -0.4 is 10.6 Å². The van der Waals surface area contributed by atoms with Crippen LogP contribution in [-0.2, 0) is 4.74 Å². The third-order valence-electron chi connectivity index (χ3n) is 2.40. The van der Waals surface area contributed by atoms with Gasteiger partial charge < -0.3 is 20.6 Å². The van der Waals surface area contributed by atoms with Crippen molar-refractivity contribution in [2.24, 2.45) is 10.9 Å². The fraction of sp³-hybridized carbons (Fsp3) is 0.444. The predicted molar refractivity (Wildman–Crippen MR) is 65.1 cm³/mol. The minimum absolute atomic E-state index is 0.0619. The van der Waals surface area contributed by atoms with Crippen molar-refractivity contribution in [2.45, 2.75) is 6.10 Å². The molecule has 0 aromatic carbocycles. The molecule has 0 spiro atoms. The Morgan fingerprint density at radius 3 is 2.94 bits per heavy atom. The number of hydrogen-bond donors (Lipinski definition) is 2. The predicted octanol–water partition coefficient (Wildman–Crippen LogP) is 0.191. The zero-order valence-electron chi connectivity index (χ0n) is 8.95. The number of amidine groups is 1. The summed E-state index contributed by atoms with van der Waals surface area (Å²) >= 11 is 3.28. The molecule has 0 amide bonds. The Morgan fingerprint density at radius 1 is 1.59 bits per heavy atom. The molecule has 1 aromatic heterocycles. The van der Waals surface area contributed by atoms with Gasteiger partial charge in [-0.1, -0.05) is 5.16 Å². The summed E-state index contributed by atoms with van der Waals surface area (Å²) in [5.74, 6) is 0.666. The van der Waals surface area contributed by atoms with Gasteiger partial charge >= 0.3 is 0 Å². The summed E-state index contributed by atoms with van der Waals surface area (Å²) in [5.41, 5.74) is 5.51. The third kappa shape index (κ3) is 2.83. The van der Waals surface area contributed by atoms with Gasteiger partial charge in [-0.15, -0.1) is 0 Å². The van der Waals surface area contributed by atoms with Crippen LogP contribution in [0.4, 0.5) is 5.95 Å². The number of aromatic nitrogens is 2. The fourth-order valence-electron chi connectivity index (χ4n) is 1.54. The Labute approximate surface area is 106 Å². The smallest absolute Gasteiger partial charge is 0.225 e. The first-order valence-electron chi connectivity index (χ1n) is 5.02. The number of oxime groups is 1. The summed E-state index contributed by atoms with van der Waals surface area (Å²) in [5, 5.41) is 11.6. The lowest BCUT2D eigenvalue weighted by Gasteiger charge is -2.32. The quantitative estimate of drug-likeness (QED) is 0.350. The number of morpholine rings is 1. The molecule has 1 fully saturated rings. The number of anilines is 1. The highest BCUT2D eigenvalue weighted by molar-refractivity contribution is 9.10. The topological polar surface area (TPSA) is 96.9 Å². The first kappa shape index (κ1) is 12.1. The highest BCUT2D eigenvalue weighted by atomic mass is 79.9. The van der Waals surface area contributed by atoms with E-state index < -0.39 is 6.10 Å². The summed E-state index contributed by atoms with van der Waals surface area (Å²) in [4.78, 5) is 10.3. The molecule has 1 unspecified atom stereocenters. The molecular weight excluding hydrogens is 290 g/mol. The zero-order chi connectivity index (χ0) is 12.3. The van der Waals surface area contributed by atoms with Crippen molar-refractivity contribution in [3.8, 4) is 0 Å². The first-order valence-corrected chi connectivity index (χ1v) is 5.81. The van der Waals surface area contributed by atoms with Crippen LogP contribution in [0.5, 0.6) is 0 Å². The van der Waals surface area contributed by atoms with Crippen LogP contribution in [0.25, 0.3) is 0 Å². The van der Waals surface area contributed by atoms with E-state index in [4.69, 9.17) is 15.7 Å². The highest BCUT2D eigenvalue weighted by Crippen LogP contribution is 2.14. The number of ether oxygens (including phenoxy) is 1. The lowest BCUT2D eigenvalue weighted by molar-refractivity contribution is 0.0800. The Bertz CT molecular complexity index is 410. The summed E-state index contributed by atoms with van der Waals surface area (Å²) in [6.45, 7) is 1.63. The summed E-state index contributed by atoms with van der Waals surface area (Å²) in [6, 6.07) is 0. The van der Waals surface area contributed by atoms with Crippen LogP contribution in [-0.4, -0.2) is 46.8 Å². The van der Waals surface area contributed by atoms with Crippen LogP contribution in [0.1, 0.15) is 0 Å². The molecule has 8 heteroatoms. The van der Waals surface area contributed by atoms with Gasteiger partial charge in [0.1, 0.15) is 6.10 Å². The third-order valence-corrected chi connectivity index (χ3v) is 2.81. The van der Waals surface area contributed by atoms with Crippen molar-refractivity contribution in [3.05, 3.63) is 16.9 Å². The van der Waals surface area contributed by atoms with E-state index in [2.05, 4.69) is 31.1 Å². The van der Waals surface area contributed by atoms with Crippen LogP contribution >= 0.6 is 15.9 Å². The standard InChI is InChI=1S/C9H12BrN5O2/c10-6-3-12-9(13-4-6)15-1-2-17-7(5-15)8(11)14-16/h3-4,7,16H,1-2,5H2,(H2,11,14). The van der Waals surface area contributed by atoms with E-state index in [1.54, 1.807) is 12.4 Å². The van der Waals surface area contributed by atoms with E-state index in [1.165, 1.54) is 0 Å². The highest BCUT2D eigenvalue weighted by Gasteiger charge is 2.25. The molecule has 0 aliphatic carbocycles. The normalized spacial score (nSPS) is 21.6. The first-order chi connectivity index (χ1) is 8.20. The van der Waals surface area contributed by atoms with Crippen molar-refractivity contribution in [1.82, 2.24) is 9.97 Å². The number of nitrogens with two attached hydrogens (primary N) is 1. The van der Waals surface area contributed by atoms with Gasteiger partial charge in [0.15, 0.2) is 5.84 Å². The molecule has 0 saturated carbocycles. The molecule has 1 aliphatic heterocycles. The van der Waals surface area contributed by atoms with Crippen molar-refractivity contribution < 1.29 is 9.94 Å². The molecular formula is C9H12BrN5O2. The number of halogens is 1. The molecule has 17 heavy (non-hydrogen) atoms. The minimum atomic E-state index is -0.430. The molecule has 3 N–H and O–H groups in total. The minimum Gasteiger partial charge on any atom is -0.409 e. The molecule has 7 nitrogen and oxygen atoms in total. The molecule has 1 aliphatic rings. The van der Waals surface area contributed by atoms with E-state index in [-0.39, 0.29) is 5.84 Å². The molecule has 2 rings (SSSR count). The van der Waals surface area contributed by atoms with E-state index in [9.17, 15) is 0 Å². The van der Waals surface area contributed by atoms with Crippen LogP contribution in [0, 0.1) is 0 Å². The van der Waals surface area contributed by atoms with Gasteiger partial charge in [0, 0.05) is 18.9 Å². The molecule has 0 radical (unpaired) electrons. The van der Waals surface area contributed by atoms with Gasteiger partial charge in [-0.2, -0.15) is 0 Å². The second kappa shape index (κ2) is 5.28. The number of rotatable bonds is 2. The SMILES string of the molecule is NC(=NO)C1CN(c2ncc(Br)cn2)CCO1. The number of hydrogen-bond acceptors (Lipinski definition) is 6. The van der Waals surface area contributed by atoms with Crippen molar-refractivity contribution in [2.75, 3.05) is 24.6 Å². The molecule has 0 bridgehead atoms. The molecule has 1 atom stereocenters. The van der Waals surface area contributed by atoms with Gasteiger partial charge in [-0.25, -0.2) is 9.97 Å². The fourth-order valence-corrected chi connectivity index (χ4v) is 1.75. The Morgan fingerprint density at radius 2 is 2.29 bits per heavy atom. The summed E-state index contributed by atoms with van der Waals surface area (Å²) < 4.78 is 6.21. The van der Waals surface area contributed by atoms with Crippen LogP contribution in [0.3, 0.4) is 0 Å². The van der Waals surface area contributed by atoms with Crippen molar-refractivity contribution in [1.29, 1.82) is 0 Å². The Hall–Kier alpha value is -1.41. The second-order valence-corrected chi connectivity index (χ2v) is 4.45. The largest absolute Gasteiger partial charge is 0.409 e. The van der Waals surface area contributed by atoms with E-state index >= 15 is 0 Å². The van der Waals surface area contributed by atoms with Gasteiger partial charge in [0.25, 0.3) is 0 Å². The molecule has 1 saturated heterocycles. The lowest BCUT2D eigenvalue weighted by Crippen LogP contribution is -2.49. The maximum absolute atomic E-state index is 8.61. The molecule has 92 valence electrons. The average molecular weight is 302 g/mol. The molecule has 2 heterocycles. The van der Waals surface area contributed by atoms with Gasteiger partial charge in [-0.05, 0) is 15.9 Å². The van der Waals surface area contributed by atoms with Crippen LogP contribution in [0.2, 0.25) is 0 Å². The van der Waals surface area contributed by atoms with E-state index in [0.29, 0.717) is 25.6 Å². The maximum Gasteiger partial charge on any atom is 0.225 e. The summed E-state index contributed by atoms with van der Waals surface area (Å²) in [7, 11) is 0. The van der Waals surface area contributed by atoms with Gasteiger partial charge in [0.2, 0.25) is 5.95 Å². The van der Waals surface area contributed by atoms with Crippen molar-refractivity contribution in [3.63, 3.8) is 0 Å². The maximum atomic E-state index is 8.61.